The summed E-state index contributed by atoms with van der Waals surface area (Å²) in [6.45, 7) is 6.69. The van der Waals surface area contributed by atoms with Crippen molar-refractivity contribution in [2.24, 2.45) is 0 Å². The molecule has 1 N–H and O–H groups in total. The van der Waals surface area contributed by atoms with E-state index in [4.69, 9.17) is 25.8 Å². The van der Waals surface area contributed by atoms with Crippen LogP contribution in [0.2, 0.25) is 5.02 Å². The maximum atomic E-state index is 12.8. The SMILES string of the molecule is CCOC(=O)c1c(C)[nH]c(C(=O)C(C)OC(=O)c2cc(Cl)ccc2OC)c1C. The summed E-state index contributed by atoms with van der Waals surface area (Å²) in [5.41, 5.74) is 1.57. The molecule has 0 amide bonds. The Kier molecular flexibility index (Phi) is 6.85. The molecule has 0 saturated carbocycles. The molecule has 1 heterocycles. The largest absolute Gasteiger partial charge is 0.496 e. The number of methoxy groups -OCH3 is 1. The van der Waals surface area contributed by atoms with Gasteiger partial charge in [0.05, 0.1) is 25.0 Å². The van der Waals surface area contributed by atoms with Gasteiger partial charge in [-0.25, -0.2) is 9.59 Å². The van der Waals surface area contributed by atoms with Crippen molar-refractivity contribution in [2.45, 2.75) is 33.8 Å². The number of ether oxygens (including phenoxy) is 3. The van der Waals surface area contributed by atoms with Crippen LogP contribution in [0.3, 0.4) is 0 Å². The van der Waals surface area contributed by atoms with Crippen LogP contribution in [0.1, 0.15) is 56.3 Å². The average molecular weight is 408 g/mol. The Hall–Kier alpha value is -2.80. The van der Waals surface area contributed by atoms with E-state index in [1.807, 2.05) is 0 Å². The van der Waals surface area contributed by atoms with Gasteiger partial charge in [-0.05, 0) is 51.5 Å². The molecular weight excluding hydrogens is 386 g/mol. The van der Waals surface area contributed by atoms with E-state index >= 15 is 0 Å². The fourth-order valence-corrected chi connectivity index (χ4v) is 3.00. The van der Waals surface area contributed by atoms with Crippen LogP contribution in [0, 0.1) is 13.8 Å². The highest BCUT2D eigenvalue weighted by Gasteiger charge is 2.28. The van der Waals surface area contributed by atoms with Gasteiger partial charge in [0.2, 0.25) is 5.78 Å². The molecule has 2 rings (SSSR count). The van der Waals surface area contributed by atoms with Crippen LogP contribution in [0.4, 0.5) is 0 Å². The number of benzene rings is 1. The Labute approximate surface area is 167 Å². The molecule has 0 aliphatic rings. The summed E-state index contributed by atoms with van der Waals surface area (Å²) in [5.74, 6) is -1.44. The van der Waals surface area contributed by atoms with Crippen LogP contribution in [0.25, 0.3) is 0 Å². The van der Waals surface area contributed by atoms with Crippen molar-refractivity contribution >= 4 is 29.3 Å². The van der Waals surface area contributed by atoms with Crippen LogP contribution >= 0.6 is 11.6 Å². The Morgan fingerprint density at radius 1 is 1.18 bits per heavy atom. The lowest BCUT2D eigenvalue weighted by atomic mass is 10.1. The standard InChI is InChI=1S/C20H22ClNO6/c1-6-27-20(25)16-10(2)17(22-11(16)3)18(23)12(4)28-19(24)14-9-13(21)7-8-15(14)26-5/h7-9,12,22H,6H2,1-5H3. The molecule has 2 aromatic rings. The van der Waals surface area contributed by atoms with Gasteiger partial charge >= 0.3 is 11.9 Å². The van der Waals surface area contributed by atoms with Crippen LogP contribution in [-0.2, 0) is 9.47 Å². The first-order valence-electron chi connectivity index (χ1n) is 8.66. The van der Waals surface area contributed by atoms with Gasteiger partial charge in [0.25, 0.3) is 0 Å². The van der Waals surface area contributed by atoms with Gasteiger partial charge in [-0.1, -0.05) is 11.6 Å². The lowest BCUT2D eigenvalue weighted by Gasteiger charge is -2.14. The summed E-state index contributed by atoms with van der Waals surface area (Å²) in [6, 6.07) is 4.52. The van der Waals surface area contributed by atoms with Crippen molar-refractivity contribution in [2.75, 3.05) is 13.7 Å². The number of ketones is 1. The lowest BCUT2D eigenvalue weighted by molar-refractivity contribution is 0.0313. The molecule has 0 aliphatic carbocycles. The summed E-state index contributed by atoms with van der Waals surface area (Å²) < 4.78 is 15.5. The van der Waals surface area contributed by atoms with Gasteiger partial charge in [0.1, 0.15) is 11.3 Å². The first kappa shape index (κ1) is 21.5. The molecule has 8 heteroatoms. The van der Waals surface area contributed by atoms with Gasteiger partial charge in [0, 0.05) is 10.7 Å². The molecule has 0 radical (unpaired) electrons. The Bertz CT molecular complexity index is 918. The Balaban J connectivity index is 2.24. The third kappa shape index (κ3) is 4.36. The molecule has 1 aromatic heterocycles. The van der Waals surface area contributed by atoms with Crippen LogP contribution in [-0.4, -0.2) is 42.5 Å². The van der Waals surface area contributed by atoms with E-state index in [9.17, 15) is 14.4 Å². The lowest BCUT2D eigenvalue weighted by Crippen LogP contribution is -2.25. The van der Waals surface area contributed by atoms with Crippen molar-refractivity contribution in [3.63, 3.8) is 0 Å². The second-order valence-corrected chi connectivity index (χ2v) is 6.54. The maximum Gasteiger partial charge on any atom is 0.342 e. The predicted octanol–water partition coefficient (Wildman–Crippen LogP) is 3.90. The number of carbonyl (C=O) groups excluding carboxylic acids is 3. The number of hydrogen-bond acceptors (Lipinski definition) is 6. The molecule has 0 spiro atoms. The number of H-pyrrole nitrogens is 1. The Morgan fingerprint density at radius 3 is 2.46 bits per heavy atom. The van der Waals surface area contributed by atoms with E-state index in [0.717, 1.165) is 0 Å². The van der Waals surface area contributed by atoms with Gasteiger partial charge < -0.3 is 19.2 Å². The molecule has 28 heavy (non-hydrogen) atoms. The Morgan fingerprint density at radius 2 is 1.86 bits per heavy atom. The zero-order valence-corrected chi connectivity index (χ0v) is 17.1. The first-order valence-corrected chi connectivity index (χ1v) is 9.04. The van der Waals surface area contributed by atoms with E-state index in [1.54, 1.807) is 26.8 Å². The molecule has 150 valence electrons. The second-order valence-electron chi connectivity index (χ2n) is 6.10. The smallest absolute Gasteiger partial charge is 0.342 e. The van der Waals surface area contributed by atoms with E-state index < -0.39 is 23.8 Å². The highest BCUT2D eigenvalue weighted by atomic mass is 35.5. The van der Waals surface area contributed by atoms with Crippen molar-refractivity contribution in [3.05, 3.63) is 51.3 Å². The van der Waals surface area contributed by atoms with Crippen LogP contribution < -0.4 is 4.74 Å². The minimum Gasteiger partial charge on any atom is -0.496 e. The highest BCUT2D eigenvalue weighted by molar-refractivity contribution is 6.31. The molecule has 7 nitrogen and oxygen atoms in total. The fourth-order valence-electron chi connectivity index (χ4n) is 2.83. The number of Topliss-reactive ketones (excluding diaryl/α,β-unsaturated/α-hetero) is 1. The summed E-state index contributed by atoms with van der Waals surface area (Å²) in [7, 11) is 1.41. The van der Waals surface area contributed by atoms with Gasteiger partial charge in [-0.2, -0.15) is 0 Å². The maximum absolute atomic E-state index is 12.8. The molecule has 1 unspecified atom stereocenters. The minimum atomic E-state index is -1.09. The van der Waals surface area contributed by atoms with E-state index in [0.29, 0.717) is 21.8 Å². The number of aryl methyl sites for hydroxylation is 1. The summed E-state index contributed by atoms with van der Waals surface area (Å²) in [4.78, 5) is 40.2. The molecule has 1 aromatic carbocycles. The second kappa shape index (κ2) is 8.93. The van der Waals surface area contributed by atoms with Crippen LogP contribution in [0.5, 0.6) is 5.75 Å². The molecule has 1 atom stereocenters. The van der Waals surface area contributed by atoms with Crippen molar-refractivity contribution in [3.8, 4) is 5.75 Å². The highest BCUT2D eigenvalue weighted by Crippen LogP contribution is 2.25. The number of carbonyl (C=O) groups is 3. The van der Waals surface area contributed by atoms with E-state index in [-0.39, 0.29) is 23.6 Å². The number of aromatic amines is 1. The topological polar surface area (TPSA) is 94.7 Å². The first-order chi connectivity index (χ1) is 13.2. The van der Waals surface area contributed by atoms with Gasteiger partial charge in [0.15, 0.2) is 6.10 Å². The average Bonchev–Trinajstić information content (AvgIpc) is 2.95. The third-order valence-electron chi connectivity index (χ3n) is 4.20. The van der Waals surface area contributed by atoms with E-state index in [1.165, 1.54) is 26.2 Å². The minimum absolute atomic E-state index is 0.112. The molecule has 0 bridgehead atoms. The normalized spacial score (nSPS) is 11.6. The number of hydrogen-bond donors (Lipinski definition) is 1. The number of rotatable bonds is 7. The zero-order valence-electron chi connectivity index (χ0n) is 16.3. The number of halogens is 1. The molecule has 0 aliphatic heterocycles. The number of nitrogens with one attached hydrogen (secondary N) is 1. The van der Waals surface area contributed by atoms with Crippen molar-refractivity contribution < 1.29 is 28.6 Å². The number of esters is 2. The summed E-state index contributed by atoms with van der Waals surface area (Å²) in [6.07, 6.45) is -1.09. The molecule has 0 fully saturated rings. The third-order valence-corrected chi connectivity index (χ3v) is 4.43. The molecular formula is C20H22ClNO6. The van der Waals surface area contributed by atoms with Gasteiger partial charge in [-0.15, -0.1) is 0 Å². The van der Waals surface area contributed by atoms with Crippen molar-refractivity contribution in [1.82, 2.24) is 4.98 Å². The molecule has 0 saturated heterocycles. The number of aromatic nitrogens is 1. The predicted molar refractivity (Wildman–Crippen MR) is 103 cm³/mol. The van der Waals surface area contributed by atoms with E-state index in [2.05, 4.69) is 4.98 Å². The van der Waals surface area contributed by atoms with Crippen molar-refractivity contribution in [1.29, 1.82) is 0 Å². The summed E-state index contributed by atoms with van der Waals surface area (Å²) in [5, 5.41) is 0.335. The zero-order chi connectivity index (χ0) is 21.0. The summed E-state index contributed by atoms with van der Waals surface area (Å²) >= 11 is 5.93. The van der Waals surface area contributed by atoms with Gasteiger partial charge in [-0.3, -0.25) is 4.79 Å². The van der Waals surface area contributed by atoms with Crippen LogP contribution in [0.15, 0.2) is 18.2 Å². The quantitative estimate of drug-likeness (QED) is 0.552. The fraction of sp³-hybridized carbons (Fsp3) is 0.350. The monoisotopic (exact) mass is 407 g/mol.